The van der Waals surface area contributed by atoms with Gasteiger partial charge in [-0.15, -0.1) is 0 Å². The van der Waals surface area contributed by atoms with E-state index in [0.29, 0.717) is 18.1 Å². The highest BCUT2D eigenvalue weighted by Gasteiger charge is 2.28. The van der Waals surface area contributed by atoms with Crippen molar-refractivity contribution in [3.63, 3.8) is 0 Å². The number of nitrogens with zero attached hydrogens (tertiary/aromatic N) is 4. The van der Waals surface area contributed by atoms with Gasteiger partial charge in [0.1, 0.15) is 5.56 Å². The van der Waals surface area contributed by atoms with E-state index in [9.17, 15) is 14.9 Å². The average molecular weight is 433 g/mol. The number of nitro groups is 1. The summed E-state index contributed by atoms with van der Waals surface area (Å²) in [7, 11) is 3.91. The summed E-state index contributed by atoms with van der Waals surface area (Å²) in [5, 5.41) is 12.2. The van der Waals surface area contributed by atoms with E-state index in [4.69, 9.17) is 11.6 Å². The number of thiazole rings is 1. The minimum Gasteiger partial charge on any atom is -0.309 e. The van der Waals surface area contributed by atoms with E-state index >= 15 is 0 Å². The number of fused-ring (bicyclic) bond motifs is 1. The molecule has 2 aromatic carbocycles. The van der Waals surface area contributed by atoms with Crippen molar-refractivity contribution in [2.45, 2.75) is 13.3 Å². The van der Waals surface area contributed by atoms with E-state index in [-0.39, 0.29) is 16.3 Å². The van der Waals surface area contributed by atoms with Crippen LogP contribution in [-0.4, -0.2) is 47.9 Å². The van der Waals surface area contributed by atoms with E-state index in [1.807, 2.05) is 44.1 Å². The first-order valence-corrected chi connectivity index (χ1v) is 10.2. The zero-order valence-corrected chi connectivity index (χ0v) is 18.0. The molecule has 9 heteroatoms. The summed E-state index contributed by atoms with van der Waals surface area (Å²) in [6.45, 7) is 3.15. The number of hydrogen-bond donors (Lipinski definition) is 0. The minimum absolute atomic E-state index is 0.0391. The lowest BCUT2D eigenvalue weighted by molar-refractivity contribution is -0.385. The van der Waals surface area contributed by atoms with Crippen LogP contribution in [0.5, 0.6) is 0 Å². The van der Waals surface area contributed by atoms with Gasteiger partial charge >= 0.3 is 0 Å². The van der Waals surface area contributed by atoms with Crippen molar-refractivity contribution in [3.8, 4) is 0 Å². The Morgan fingerprint density at radius 2 is 1.97 bits per heavy atom. The van der Waals surface area contributed by atoms with Crippen molar-refractivity contribution in [2.24, 2.45) is 0 Å². The zero-order valence-electron chi connectivity index (χ0n) is 16.4. The van der Waals surface area contributed by atoms with E-state index < -0.39 is 10.8 Å². The monoisotopic (exact) mass is 432 g/mol. The first-order chi connectivity index (χ1) is 13.8. The fraction of sp³-hybridized carbons (Fsp3) is 0.300. The Hall–Kier alpha value is -2.55. The van der Waals surface area contributed by atoms with Crippen molar-refractivity contribution in [2.75, 3.05) is 32.1 Å². The van der Waals surface area contributed by atoms with E-state index in [0.717, 1.165) is 22.3 Å². The first kappa shape index (κ1) is 21.2. The van der Waals surface area contributed by atoms with Crippen molar-refractivity contribution < 1.29 is 9.72 Å². The second-order valence-corrected chi connectivity index (χ2v) is 8.45. The third-order valence-electron chi connectivity index (χ3n) is 4.38. The Morgan fingerprint density at radius 3 is 2.66 bits per heavy atom. The number of aromatic nitrogens is 1. The standard InChI is InChI=1S/C20H21ClN4O3S/c1-13-5-7-16-18(11-13)29-20(22-16)24(10-4-9-23(2)3)19(26)15-12-14(21)6-8-17(15)25(27)28/h5-8,11-12H,4,9-10H2,1-3H3. The van der Waals surface area contributed by atoms with Crippen molar-refractivity contribution in [1.82, 2.24) is 9.88 Å². The Morgan fingerprint density at radius 1 is 1.21 bits per heavy atom. The summed E-state index contributed by atoms with van der Waals surface area (Å²) >= 11 is 7.43. The quantitative estimate of drug-likeness (QED) is 0.397. The third kappa shape index (κ3) is 4.90. The minimum atomic E-state index is -0.566. The molecule has 29 heavy (non-hydrogen) atoms. The Balaban J connectivity index is 2.04. The maximum atomic E-state index is 13.4. The highest BCUT2D eigenvalue weighted by atomic mass is 35.5. The summed E-state index contributed by atoms with van der Waals surface area (Å²) in [4.78, 5) is 32.4. The molecule has 0 radical (unpaired) electrons. The molecule has 7 nitrogen and oxygen atoms in total. The summed E-state index contributed by atoms with van der Waals surface area (Å²) in [5.41, 5.74) is 1.59. The SMILES string of the molecule is Cc1ccc2nc(N(CCCN(C)C)C(=O)c3cc(Cl)ccc3[N+](=O)[O-])sc2c1. The summed E-state index contributed by atoms with van der Waals surface area (Å²) in [6.07, 6.45) is 0.696. The van der Waals surface area contributed by atoms with Crippen molar-refractivity contribution >= 4 is 49.9 Å². The van der Waals surface area contributed by atoms with Gasteiger partial charge in [0, 0.05) is 17.6 Å². The molecule has 0 unspecified atom stereocenters. The topological polar surface area (TPSA) is 79.6 Å². The number of rotatable bonds is 7. The molecule has 3 aromatic rings. The lowest BCUT2D eigenvalue weighted by Crippen LogP contribution is -2.33. The van der Waals surface area contributed by atoms with Crippen LogP contribution >= 0.6 is 22.9 Å². The molecule has 0 aliphatic heterocycles. The molecule has 152 valence electrons. The van der Waals surface area contributed by atoms with Crippen LogP contribution in [0.1, 0.15) is 22.3 Å². The predicted molar refractivity (Wildman–Crippen MR) is 117 cm³/mol. The third-order valence-corrected chi connectivity index (χ3v) is 5.66. The number of carbonyl (C=O) groups is 1. The fourth-order valence-corrected chi connectivity index (χ4v) is 4.21. The van der Waals surface area contributed by atoms with Crippen molar-refractivity contribution in [3.05, 3.63) is 62.7 Å². The maximum Gasteiger partial charge on any atom is 0.282 e. The average Bonchev–Trinajstić information content (AvgIpc) is 3.06. The molecule has 0 atom stereocenters. The Kier molecular flexibility index (Phi) is 6.46. The summed E-state index contributed by atoms with van der Waals surface area (Å²) < 4.78 is 0.964. The van der Waals surface area contributed by atoms with Crippen LogP contribution in [0.25, 0.3) is 10.2 Å². The van der Waals surface area contributed by atoms with Gasteiger partial charge in [-0.25, -0.2) is 4.98 Å². The van der Waals surface area contributed by atoms with Gasteiger partial charge in [0.25, 0.3) is 11.6 Å². The molecule has 1 aromatic heterocycles. The van der Waals surface area contributed by atoms with E-state index in [1.165, 1.54) is 34.4 Å². The lowest BCUT2D eigenvalue weighted by atomic mass is 10.1. The van der Waals surface area contributed by atoms with Crippen molar-refractivity contribution in [1.29, 1.82) is 0 Å². The number of carbonyl (C=O) groups excluding carboxylic acids is 1. The van der Waals surface area contributed by atoms with Gasteiger partial charge in [0.2, 0.25) is 0 Å². The molecule has 0 aliphatic carbocycles. The Labute approximate surface area is 177 Å². The van der Waals surface area contributed by atoms with Gasteiger partial charge in [0.05, 0.1) is 15.1 Å². The maximum absolute atomic E-state index is 13.4. The molecule has 0 fully saturated rings. The van der Waals surface area contributed by atoms with Gasteiger partial charge < -0.3 is 4.90 Å². The molecule has 0 saturated heterocycles. The van der Waals surface area contributed by atoms with Crippen LogP contribution in [-0.2, 0) is 0 Å². The molecule has 0 spiro atoms. The fourth-order valence-electron chi connectivity index (χ4n) is 2.95. The molecular weight excluding hydrogens is 412 g/mol. The van der Waals surface area contributed by atoms with Crippen LogP contribution < -0.4 is 4.90 Å². The molecule has 0 N–H and O–H groups in total. The van der Waals surface area contributed by atoms with Gasteiger partial charge in [-0.05, 0) is 63.8 Å². The zero-order chi connectivity index (χ0) is 21.1. The van der Waals surface area contributed by atoms with Gasteiger partial charge in [-0.3, -0.25) is 19.8 Å². The molecular formula is C20H21ClN4O3S. The van der Waals surface area contributed by atoms with Crippen LogP contribution in [0.3, 0.4) is 0 Å². The number of hydrogen-bond acceptors (Lipinski definition) is 6. The first-order valence-electron chi connectivity index (χ1n) is 9.04. The summed E-state index contributed by atoms with van der Waals surface area (Å²) in [6, 6.07) is 9.91. The molecule has 0 saturated carbocycles. The predicted octanol–water partition coefficient (Wildman–Crippen LogP) is 4.76. The second-order valence-electron chi connectivity index (χ2n) is 7.00. The number of halogens is 1. The van der Waals surface area contributed by atoms with Gasteiger partial charge in [-0.1, -0.05) is 29.0 Å². The largest absolute Gasteiger partial charge is 0.309 e. The molecule has 1 amide bonds. The number of anilines is 1. The number of nitro benzene ring substituents is 1. The lowest BCUT2D eigenvalue weighted by Gasteiger charge is -2.21. The number of amides is 1. The van der Waals surface area contributed by atoms with Crippen LogP contribution in [0.15, 0.2) is 36.4 Å². The molecule has 0 aliphatic rings. The number of benzene rings is 2. The number of aryl methyl sites for hydroxylation is 1. The molecule has 3 rings (SSSR count). The molecule has 1 heterocycles. The highest BCUT2D eigenvalue weighted by molar-refractivity contribution is 7.22. The van der Waals surface area contributed by atoms with Gasteiger partial charge in [0.15, 0.2) is 5.13 Å². The Bertz CT molecular complexity index is 1070. The summed E-state index contributed by atoms with van der Waals surface area (Å²) in [5.74, 6) is -0.478. The van der Waals surface area contributed by atoms with E-state index in [1.54, 1.807) is 0 Å². The smallest absolute Gasteiger partial charge is 0.282 e. The van der Waals surface area contributed by atoms with Crippen LogP contribution in [0, 0.1) is 17.0 Å². The van der Waals surface area contributed by atoms with E-state index in [2.05, 4.69) is 4.98 Å². The second kappa shape index (κ2) is 8.86. The highest BCUT2D eigenvalue weighted by Crippen LogP contribution is 2.32. The van der Waals surface area contributed by atoms with Crippen LogP contribution in [0.4, 0.5) is 10.8 Å². The normalized spacial score (nSPS) is 11.2. The van der Waals surface area contributed by atoms with Crippen LogP contribution in [0.2, 0.25) is 5.02 Å². The van der Waals surface area contributed by atoms with Gasteiger partial charge in [-0.2, -0.15) is 0 Å². The molecule has 0 bridgehead atoms.